The van der Waals surface area contributed by atoms with Gasteiger partial charge < -0.3 is 4.74 Å². The zero-order valence-corrected chi connectivity index (χ0v) is 13.1. The first-order valence-corrected chi connectivity index (χ1v) is 7.34. The Kier molecular flexibility index (Phi) is 4.33. The van der Waals surface area contributed by atoms with Crippen molar-refractivity contribution in [3.05, 3.63) is 28.2 Å². The summed E-state index contributed by atoms with van der Waals surface area (Å²) in [4.78, 5) is 2.54. The van der Waals surface area contributed by atoms with E-state index in [9.17, 15) is 0 Å². The molecule has 0 unspecified atom stereocenters. The Morgan fingerprint density at radius 2 is 2.17 bits per heavy atom. The van der Waals surface area contributed by atoms with Crippen molar-refractivity contribution in [1.82, 2.24) is 4.90 Å². The molecule has 0 saturated carbocycles. The van der Waals surface area contributed by atoms with Gasteiger partial charge in [0.25, 0.3) is 0 Å². The molecule has 1 aliphatic rings. The number of piperidine rings is 1. The number of methoxy groups -OCH3 is 1. The second-order valence-corrected chi connectivity index (χ2v) is 6.79. The van der Waals surface area contributed by atoms with Gasteiger partial charge in [-0.15, -0.1) is 0 Å². The fourth-order valence-electron chi connectivity index (χ4n) is 2.72. The lowest BCUT2D eigenvalue weighted by atomic mass is 9.84. The molecule has 100 valence electrons. The summed E-state index contributed by atoms with van der Waals surface area (Å²) in [5.74, 6) is 0.935. The van der Waals surface area contributed by atoms with E-state index >= 15 is 0 Å². The molecular weight excluding hydrogens is 290 g/mol. The predicted octanol–water partition coefficient (Wildman–Crippen LogP) is 4.08. The monoisotopic (exact) mass is 311 g/mol. The fourth-order valence-corrected chi connectivity index (χ4v) is 3.09. The minimum Gasteiger partial charge on any atom is -0.497 e. The minimum absolute atomic E-state index is 0.448. The Balaban J connectivity index is 2.09. The van der Waals surface area contributed by atoms with Gasteiger partial charge in [-0.1, -0.05) is 29.8 Å². The summed E-state index contributed by atoms with van der Waals surface area (Å²) in [7, 11) is 1.72. The van der Waals surface area contributed by atoms with Crippen LogP contribution in [0.3, 0.4) is 0 Å². The molecule has 1 fully saturated rings. The maximum Gasteiger partial charge on any atom is 0.119 e. The van der Waals surface area contributed by atoms with E-state index in [2.05, 4.69) is 46.8 Å². The van der Waals surface area contributed by atoms with Crippen LogP contribution in [-0.2, 0) is 6.54 Å². The third kappa shape index (κ3) is 3.48. The molecule has 1 aromatic rings. The van der Waals surface area contributed by atoms with Gasteiger partial charge in [-0.3, -0.25) is 4.90 Å². The van der Waals surface area contributed by atoms with Crippen molar-refractivity contribution in [3.8, 4) is 5.75 Å². The standard InChI is InChI=1S/C15H22BrNO/c1-15(2)7-4-8-17(11-15)10-12-9-13(18-3)5-6-14(12)16/h5-6,9H,4,7-8,10-11H2,1-3H3. The van der Waals surface area contributed by atoms with E-state index in [0.29, 0.717) is 5.41 Å². The highest BCUT2D eigenvalue weighted by Crippen LogP contribution is 2.31. The molecule has 2 rings (SSSR count). The Hall–Kier alpha value is -0.540. The van der Waals surface area contributed by atoms with Gasteiger partial charge in [0, 0.05) is 17.6 Å². The SMILES string of the molecule is COc1ccc(Br)c(CN2CCCC(C)(C)C2)c1. The molecule has 0 radical (unpaired) electrons. The van der Waals surface area contributed by atoms with Crippen molar-refractivity contribution in [2.24, 2.45) is 5.41 Å². The van der Waals surface area contributed by atoms with Crippen molar-refractivity contribution in [1.29, 1.82) is 0 Å². The van der Waals surface area contributed by atoms with Gasteiger partial charge in [-0.05, 0) is 48.6 Å². The van der Waals surface area contributed by atoms with Crippen LogP contribution in [0, 0.1) is 5.41 Å². The highest BCUT2D eigenvalue weighted by Gasteiger charge is 2.26. The largest absolute Gasteiger partial charge is 0.497 e. The molecule has 2 nitrogen and oxygen atoms in total. The molecule has 18 heavy (non-hydrogen) atoms. The Bertz CT molecular complexity index is 417. The van der Waals surface area contributed by atoms with Gasteiger partial charge in [0.05, 0.1) is 7.11 Å². The number of benzene rings is 1. The maximum atomic E-state index is 5.30. The van der Waals surface area contributed by atoms with Crippen LogP contribution in [0.1, 0.15) is 32.3 Å². The van der Waals surface area contributed by atoms with Crippen LogP contribution in [0.5, 0.6) is 5.75 Å². The smallest absolute Gasteiger partial charge is 0.119 e. The van der Waals surface area contributed by atoms with Crippen molar-refractivity contribution in [3.63, 3.8) is 0 Å². The molecular formula is C15H22BrNO. The molecule has 0 aromatic heterocycles. The number of likely N-dealkylation sites (tertiary alicyclic amines) is 1. The van der Waals surface area contributed by atoms with E-state index in [0.717, 1.165) is 12.3 Å². The van der Waals surface area contributed by atoms with Crippen LogP contribution in [0.4, 0.5) is 0 Å². The van der Waals surface area contributed by atoms with Gasteiger partial charge >= 0.3 is 0 Å². The molecule has 0 aliphatic carbocycles. The predicted molar refractivity (Wildman–Crippen MR) is 79.0 cm³/mol. The van der Waals surface area contributed by atoms with Crippen molar-refractivity contribution in [2.45, 2.75) is 33.2 Å². The number of hydrogen-bond acceptors (Lipinski definition) is 2. The summed E-state index contributed by atoms with van der Waals surface area (Å²) in [6.07, 6.45) is 2.64. The highest BCUT2D eigenvalue weighted by atomic mass is 79.9. The number of rotatable bonds is 3. The molecule has 0 atom stereocenters. The molecule has 3 heteroatoms. The molecule has 1 saturated heterocycles. The van der Waals surface area contributed by atoms with E-state index in [4.69, 9.17) is 4.74 Å². The van der Waals surface area contributed by atoms with Gasteiger partial charge in [0.2, 0.25) is 0 Å². The topological polar surface area (TPSA) is 12.5 Å². The van der Waals surface area contributed by atoms with Crippen LogP contribution in [0.25, 0.3) is 0 Å². The number of hydrogen-bond donors (Lipinski definition) is 0. The fraction of sp³-hybridized carbons (Fsp3) is 0.600. The van der Waals surface area contributed by atoms with Gasteiger partial charge in [0.15, 0.2) is 0 Å². The van der Waals surface area contributed by atoms with Crippen LogP contribution in [0.15, 0.2) is 22.7 Å². The number of ether oxygens (including phenoxy) is 1. The second kappa shape index (κ2) is 5.62. The first-order valence-electron chi connectivity index (χ1n) is 6.55. The Morgan fingerprint density at radius 1 is 1.39 bits per heavy atom. The van der Waals surface area contributed by atoms with Crippen molar-refractivity contribution >= 4 is 15.9 Å². The van der Waals surface area contributed by atoms with Crippen LogP contribution in [-0.4, -0.2) is 25.1 Å². The maximum absolute atomic E-state index is 5.30. The molecule has 1 heterocycles. The lowest BCUT2D eigenvalue weighted by Crippen LogP contribution is -2.39. The van der Waals surface area contributed by atoms with E-state index in [1.807, 2.05) is 6.07 Å². The van der Waals surface area contributed by atoms with Gasteiger partial charge in [0.1, 0.15) is 5.75 Å². The molecule has 0 bridgehead atoms. The van der Waals surface area contributed by atoms with Crippen LogP contribution in [0.2, 0.25) is 0 Å². The average Bonchev–Trinajstić information content (AvgIpc) is 2.31. The summed E-state index contributed by atoms with van der Waals surface area (Å²) in [5.41, 5.74) is 1.76. The Labute approximate surface area is 118 Å². The zero-order chi connectivity index (χ0) is 13.2. The van der Waals surface area contributed by atoms with E-state index in [1.54, 1.807) is 7.11 Å². The summed E-state index contributed by atoms with van der Waals surface area (Å²) in [5, 5.41) is 0. The molecule has 1 aromatic carbocycles. The summed E-state index contributed by atoms with van der Waals surface area (Å²) in [6, 6.07) is 6.20. The summed E-state index contributed by atoms with van der Waals surface area (Å²) >= 11 is 3.63. The summed E-state index contributed by atoms with van der Waals surface area (Å²) < 4.78 is 6.47. The zero-order valence-electron chi connectivity index (χ0n) is 11.5. The average molecular weight is 312 g/mol. The first-order chi connectivity index (χ1) is 8.50. The lowest BCUT2D eigenvalue weighted by Gasteiger charge is -2.38. The van der Waals surface area contributed by atoms with Crippen molar-refractivity contribution < 1.29 is 4.74 Å². The van der Waals surface area contributed by atoms with Gasteiger partial charge in [-0.2, -0.15) is 0 Å². The minimum atomic E-state index is 0.448. The van der Waals surface area contributed by atoms with Crippen LogP contribution < -0.4 is 4.74 Å². The van der Waals surface area contributed by atoms with Gasteiger partial charge in [-0.25, -0.2) is 0 Å². The van der Waals surface area contributed by atoms with E-state index in [1.165, 1.54) is 36.0 Å². The van der Waals surface area contributed by atoms with E-state index in [-0.39, 0.29) is 0 Å². The van der Waals surface area contributed by atoms with Crippen LogP contribution >= 0.6 is 15.9 Å². The van der Waals surface area contributed by atoms with E-state index < -0.39 is 0 Å². The molecule has 1 aliphatic heterocycles. The van der Waals surface area contributed by atoms with Crippen molar-refractivity contribution in [2.75, 3.05) is 20.2 Å². The molecule has 0 amide bonds. The number of halogens is 1. The third-order valence-corrected chi connectivity index (χ3v) is 4.40. The molecule has 0 N–H and O–H groups in total. The second-order valence-electron chi connectivity index (χ2n) is 5.94. The summed E-state index contributed by atoms with van der Waals surface area (Å²) in [6.45, 7) is 8.10. The first kappa shape index (κ1) is 13.9. The third-order valence-electron chi connectivity index (χ3n) is 3.63. The quantitative estimate of drug-likeness (QED) is 0.834. The lowest BCUT2D eigenvalue weighted by molar-refractivity contribution is 0.111. The normalized spacial score (nSPS) is 19.8. The number of nitrogens with zero attached hydrogens (tertiary/aromatic N) is 1. The Morgan fingerprint density at radius 3 is 2.83 bits per heavy atom. The highest BCUT2D eigenvalue weighted by molar-refractivity contribution is 9.10. The molecule has 0 spiro atoms.